The summed E-state index contributed by atoms with van der Waals surface area (Å²) in [7, 11) is 1.52. The molecule has 0 spiro atoms. The van der Waals surface area contributed by atoms with Crippen LogP contribution in [-0.2, 0) is 0 Å². The number of hydrogen-bond acceptors (Lipinski definition) is 6. The second-order valence-corrected chi connectivity index (χ2v) is 6.87. The van der Waals surface area contributed by atoms with E-state index >= 15 is 0 Å². The number of ether oxygens (including phenoxy) is 1. The third-order valence-corrected chi connectivity index (χ3v) is 4.82. The Morgan fingerprint density at radius 3 is 2.10 bits per heavy atom. The lowest BCUT2D eigenvalue weighted by Crippen LogP contribution is -2.12. The lowest BCUT2D eigenvalue weighted by atomic mass is 9.86. The molecule has 6 nitrogen and oxygen atoms in total. The van der Waals surface area contributed by atoms with Crippen molar-refractivity contribution in [3.8, 4) is 5.88 Å². The number of methoxy groups -OCH3 is 1. The molecule has 31 heavy (non-hydrogen) atoms. The van der Waals surface area contributed by atoms with Gasteiger partial charge in [0.05, 0.1) is 19.0 Å². The van der Waals surface area contributed by atoms with Crippen LogP contribution in [0.1, 0.15) is 22.6 Å². The Balaban J connectivity index is 1.87. The molecule has 156 valence electrons. The van der Waals surface area contributed by atoms with Crippen molar-refractivity contribution >= 4 is 23.1 Å². The van der Waals surface area contributed by atoms with E-state index in [1.807, 2.05) is 0 Å². The predicted octanol–water partition coefficient (Wildman–Crippen LogP) is 5.13. The Hall–Kier alpha value is -3.65. The minimum absolute atomic E-state index is 0.175. The van der Waals surface area contributed by atoms with Crippen molar-refractivity contribution in [2.45, 2.75) is 5.92 Å². The topological polar surface area (TPSA) is 72.8 Å². The summed E-state index contributed by atoms with van der Waals surface area (Å²) in [6.45, 7) is 0. The van der Waals surface area contributed by atoms with Crippen LogP contribution in [0, 0.1) is 11.9 Å². The van der Waals surface area contributed by atoms with Gasteiger partial charge in [-0.05, 0) is 24.3 Å². The Kier molecular flexibility index (Phi) is 5.99. The number of halogens is 3. The Morgan fingerprint density at radius 1 is 0.871 bits per heavy atom. The zero-order chi connectivity index (χ0) is 21.8. The Bertz CT molecular complexity index is 1160. The summed E-state index contributed by atoms with van der Waals surface area (Å²) in [6, 6.07) is 12.9. The standard InChI is InChI=1S/C22H16ClF2N5O/c1-31-18-9-6-13(12-28-18)29-22-16(7-8-17(23)30-22)19(14-4-2-10-26-20(14)24)15-5-3-11-27-21(15)25/h2-12,19H,1H3,(H,29,30). The molecule has 0 aromatic carbocycles. The maximum absolute atomic E-state index is 14.7. The van der Waals surface area contributed by atoms with Crippen LogP contribution in [0.25, 0.3) is 0 Å². The second-order valence-electron chi connectivity index (χ2n) is 6.49. The van der Waals surface area contributed by atoms with Gasteiger partial charge in [0.1, 0.15) is 11.0 Å². The Morgan fingerprint density at radius 2 is 1.55 bits per heavy atom. The molecular weight excluding hydrogens is 424 g/mol. The summed E-state index contributed by atoms with van der Waals surface area (Å²) in [5.41, 5.74) is 1.43. The van der Waals surface area contributed by atoms with E-state index in [9.17, 15) is 8.78 Å². The molecule has 0 atom stereocenters. The molecule has 0 aliphatic heterocycles. The van der Waals surface area contributed by atoms with Crippen molar-refractivity contribution in [1.82, 2.24) is 19.9 Å². The van der Waals surface area contributed by atoms with Crippen LogP contribution in [0.5, 0.6) is 5.88 Å². The molecule has 4 aromatic rings. The molecule has 0 bridgehead atoms. The van der Waals surface area contributed by atoms with Gasteiger partial charge in [-0.1, -0.05) is 29.8 Å². The lowest BCUT2D eigenvalue weighted by molar-refractivity contribution is 0.398. The highest BCUT2D eigenvalue weighted by atomic mass is 35.5. The molecule has 4 rings (SSSR count). The van der Waals surface area contributed by atoms with Gasteiger partial charge in [-0.2, -0.15) is 8.78 Å². The number of nitrogens with one attached hydrogen (secondary N) is 1. The molecule has 0 fully saturated rings. The summed E-state index contributed by atoms with van der Waals surface area (Å²) < 4.78 is 34.5. The molecule has 4 heterocycles. The van der Waals surface area contributed by atoms with E-state index in [1.54, 1.807) is 54.7 Å². The largest absolute Gasteiger partial charge is 0.481 e. The fourth-order valence-electron chi connectivity index (χ4n) is 3.22. The molecule has 9 heteroatoms. The molecule has 0 radical (unpaired) electrons. The van der Waals surface area contributed by atoms with Crippen molar-refractivity contribution in [3.05, 3.63) is 101 Å². The van der Waals surface area contributed by atoms with Crippen LogP contribution in [0.2, 0.25) is 5.15 Å². The minimum atomic E-state index is -0.874. The third-order valence-electron chi connectivity index (χ3n) is 4.61. The Labute approximate surface area is 182 Å². The summed E-state index contributed by atoms with van der Waals surface area (Å²) in [5.74, 6) is -1.56. The summed E-state index contributed by atoms with van der Waals surface area (Å²) in [4.78, 5) is 16.0. The van der Waals surface area contributed by atoms with E-state index in [0.29, 0.717) is 22.9 Å². The van der Waals surface area contributed by atoms with Crippen LogP contribution in [-0.4, -0.2) is 27.0 Å². The molecular formula is C22H16ClF2N5O. The maximum Gasteiger partial charge on any atom is 0.216 e. The van der Waals surface area contributed by atoms with Crippen LogP contribution in [0.3, 0.4) is 0 Å². The number of rotatable bonds is 6. The smallest absolute Gasteiger partial charge is 0.216 e. The number of aromatic nitrogens is 4. The number of hydrogen-bond donors (Lipinski definition) is 1. The average molecular weight is 440 g/mol. The van der Waals surface area contributed by atoms with Crippen molar-refractivity contribution in [2.24, 2.45) is 0 Å². The summed E-state index contributed by atoms with van der Waals surface area (Å²) in [5, 5.41) is 3.34. The first-order valence-corrected chi connectivity index (χ1v) is 9.59. The highest BCUT2D eigenvalue weighted by Gasteiger charge is 2.27. The maximum atomic E-state index is 14.7. The van der Waals surface area contributed by atoms with Crippen LogP contribution >= 0.6 is 11.6 Å². The van der Waals surface area contributed by atoms with Crippen molar-refractivity contribution in [3.63, 3.8) is 0 Å². The van der Waals surface area contributed by atoms with E-state index in [-0.39, 0.29) is 16.3 Å². The van der Waals surface area contributed by atoms with E-state index in [1.165, 1.54) is 19.5 Å². The fourth-order valence-corrected chi connectivity index (χ4v) is 3.37. The van der Waals surface area contributed by atoms with Crippen LogP contribution in [0.4, 0.5) is 20.3 Å². The van der Waals surface area contributed by atoms with Gasteiger partial charge < -0.3 is 10.1 Å². The SMILES string of the molecule is COc1ccc(Nc2nc(Cl)ccc2C(c2cccnc2F)c2cccnc2F)cn1. The van der Waals surface area contributed by atoms with E-state index in [0.717, 1.165) is 0 Å². The molecule has 0 unspecified atom stereocenters. The van der Waals surface area contributed by atoms with E-state index in [2.05, 4.69) is 25.3 Å². The van der Waals surface area contributed by atoms with Gasteiger partial charge in [-0.15, -0.1) is 0 Å². The zero-order valence-electron chi connectivity index (χ0n) is 16.3. The molecule has 0 amide bonds. The average Bonchev–Trinajstić information content (AvgIpc) is 2.78. The zero-order valence-corrected chi connectivity index (χ0v) is 17.0. The predicted molar refractivity (Wildman–Crippen MR) is 113 cm³/mol. The first-order valence-electron chi connectivity index (χ1n) is 9.21. The van der Waals surface area contributed by atoms with Crippen molar-refractivity contribution < 1.29 is 13.5 Å². The van der Waals surface area contributed by atoms with Gasteiger partial charge in [0.15, 0.2) is 0 Å². The number of nitrogens with zero attached hydrogens (tertiary/aromatic N) is 4. The molecule has 4 aromatic heterocycles. The van der Waals surface area contributed by atoms with Crippen LogP contribution in [0.15, 0.2) is 67.1 Å². The van der Waals surface area contributed by atoms with E-state index < -0.39 is 17.8 Å². The van der Waals surface area contributed by atoms with Gasteiger partial charge in [-0.25, -0.2) is 19.9 Å². The lowest BCUT2D eigenvalue weighted by Gasteiger charge is -2.22. The third kappa shape index (κ3) is 4.44. The molecule has 1 N–H and O–H groups in total. The highest BCUT2D eigenvalue weighted by molar-refractivity contribution is 6.29. The molecule has 0 aliphatic rings. The number of pyridine rings is 4. The monoisotopic (exact) mass is 439 g/mol. The fraction of sp³-hybridized carbons (Fsp3) is 0.0909. The highest BCUT2D eigenvalue weighted by Crippen LogP contribution is 2.38. The van der Waals surface area contributed by atoms with Gasteiger partial charge in [0.2, 0.25) is 17.8 Å². The minimum Gasteiger partial charge on any atom is -0.481 e. The van der Waals surface area contributed by atoms with E-state index in [4.69, 9.17) is 16.3 Å². The van der Waals surface area contributed by atoms with Gasteiger partial charge >= 0.3 is 0 Å². The quantitative estimate of drug-likeness (QED) is 0.420. The van der Waals surface area contributed by atoms with Crippen molar-refractivity contribution in [1.29, 1.82) is 0 Å². The summed E-state index contributed by atoms with van der Waals surface area (Å²) >= 11 is 6.13. The number of anilines is 2. The van der Waals surface area contributed by atoms with Gasteiger partial charge in [0.25, 0.3) is 0 Å². The van der Waals surface area contributed by atoms with Gasteiger partial charge in [0, 0.05) is 41.1 Å². The molecule has 0 saturated carbocycles. The summed E-state index contributed by atoms with van der Waals surface area (Å²) in [6.07, 6.45) is 4.21. The second kappa shape index (κ2) is 9.01. The normalized spacial score (nSPS) is 10.9. The molecule has 0 aliphatic carbocycles. The first kappa shape index (κ1) is 20.6. The van der Waals surface area contributed by atoms with Crippen molar-refractivity contribution in [2.75, 3.05) is 12.4 Å². The van der Waals surface area contributed by atoms with Crippen LogP contribution < -0.4 is 10.1 Å². The molecule has 0 saturated heterocycles. The first-order chi connectivity index (χ1) is 15.1. The van der Waals surface area contributed by atoms with Gasteiger partial charge in [-0.3, -0.25) is 0 Å².